The average Bonchev–Trinajstić information content (AvgIpc) is 3.17. The van der Waals surface area contributed by atoms with Crippen molar-refractivity contribution in [2.75, 3.05) is 6.54 Å². The molecule has 3 rings (SSSR count). The molecule has 1 amide bonds. The van der Waals surface area contributed by atoms with Gasteiger partial charge in [-0.2, -0.15) is 0 Å². The number of hydrogen-bond donors (Lipinski definition) is 0. The highest BCUT2D eigenvalue weighted by molar-refractivity contribution is 7.13. The number of halogens is 1. The number of hydrogen-bond acceptors (Lipinski definition) is 4. The Morgan fingerprint density at radius 1 is 1.36 bits per heavy atom. The largest absolute Gasteiger partial charge is 0.332 e. The van der Waals surface area contributed by atoms with Gasteiger partial charge >= 0.3 is 5.00 Å². The molecular formula is C15H13FN2O3S. The number of thiophene rings is 1. The Labute approximate surface area is 130 Å². The third-order valence-corrected chi connectivity index (χ3v) is 4.66. The standard InChI is InChI=1S/C15H13FN2O3S/c16-12-5-3-10(4-6-12)13-2-1-7-17(13)15(19)11-8-14(18(20)21)22-9-11/h3-6,8-9,13H,1-2,7H2. The maximum atomic E-state index is 13.0. The smallest absolute Gasteiger partial charge is 0.324 e. The number of rotatable bonds is 3. The first kappa shape index (κ1) is 14.6. The lowest BCUT2D eigenvalue weighted by Gasteiger charge is -2.24. The van der Waals surface area contributed by atoms with Crippen molar-refractivity contribution in [1.82, 2.24) is 4.90 Å². The number of likely N-dealkylation sites (tertiary alicyclic amines) is 1. The van der Waals surface area contributed by atoms with Gasteiger partial charge in [0.1, 0.15) is 5.82 Å². The minimum Gasteiger partial charge on any atom is -0.332 e. The second-order valence-electron chi connectivity index (χ2n) is 5.14. The van der Waals surface area contributed by atoms with Crippen molar-refractivity contribution in [2.45, 2.75) is 18.9 Å². The quantitative estimate of drug-likeness (QED) is 0.639. The molecule has 1 unspecified atom stereocenters. The fourth-order valence-electron chi connectivity index (χ4n) is 2.74. The van der Waals surface area contributed by atoms with Crippen LogP contribution in [-0.4, -0.2) is 22.3 Å². The van der Waals surface area contributed by atoms with E-state index < -0.39 is 4.92 Å². The van der Waals surface area contributed by atoms with Gasteiger partial charge in [0.15, 0.2) is 0 Å². The van der Waals surface area contributed by atoms with Gasteiger partial charge in [-0.25, -0.2) is 4.39 Å². The number of nitro groups is 1. The Bertz CT molecular complexity index is 714. The third kappa shape index (κ3) is 2.71. The molecule has 1 aliphatic rings. The monoisotopic (exact) mass is 320 g/mol. The number of nitrogens with zero attached hydrogens (tertiary/aromatic N) is 2. The second-order valence-corrected chi connectivity index (χ2v) is 6.03. The van der Waals surface area contributed by atoms with Gasteiger partial charge in [-0.3, -0.25) is 14.9 Å². The highest BCUT2D eigenvalue weighted by atomic mass is 32.1. The molecule has 1 fully saturated rings. The Kier molecular flexibility index (Phi) is 3.89. The fraction of sp³-hybridized carbons (Fsp3) is 0.267. The number of carbonyl (C=O) groups is 1. The van der Waals surface area contributed by atoms with Crippen LogP contribution >= 0.6 is 11.3 Å². The molecule has 0 bridgehead atoms. The van der Waals surface area contributed by atoms with Crippen LogP contribution in [0.15, 0.2) is 35.7 Å². The molecule has 1 atom stereocenters. The molecule has 1 aromatic carbocycles. The summed E-state index contributed by atoms with van der Waals surface area (Å²) in [6.45, 7) is 0.602. The number of benzene rings is 1. The number of amides is 1. The predicted octanol–water partition coefficient (Wildman–Crippen LogP) is 3.77. The fourth-order valence-corrected chi connectivity index (χ4v) is 3.44. The minimum atomic E-state index is -0.497. The van der Waals surface area contributed by atoms with Crippen LogP contribution in [0.25, 0.3) is 0 Å². The zero-order valence-electron chi connectivity index (χ0n) is 11.6. The summed E-state index contributed by atoms with van der Waals surface area (Å²) >= 11 is 0.948. The second kappa shape index (κ2) is 5.84. The molecule has 0 spiro atoms. The topological polar surface area (TPSA) is 63.4 Å². The van der Waals surface area contributed by atoms with Crippen LogP contribution in [0.2, 0.25) is 0 Å². The summed E-state index contributed by atoms with van der Waals surface area (Å²) in [4.78, 5) is 24.5. The van der Waals surface area contributed by atoms with Crippen molar-refractivity contribution in [2.24, 2.45) is 0 Å². The Morgan fingerprint density at radius 2 is 2.09 bits per heavy atom. The lowest BCUT2D eigenvalue weighted by molar-refractivity contribution is -0.380. The summed E-state index contributed by atoms with van der Waals surface area (Å²) in [6.07, 6.45) is 1.67. The van der Waals surface area contributed by atoms with E-state index in [0.717, 1.165) is 29.7 Å². The molecule has 0 saturated carbocycles. The van der Waals surface area contributed by atoms with E-state index in [2.05, 4.69) is 0 Å². The van der Waals surface area contributed by atoms with Crippen molar-refractivity contribution in [1.29, 1.82) is 0 Å². The van der Waals surface area contributed by atoms with Crippen LogP contribution in [0.3, 0.4) is 0 Å². The summed E-state index contributed by atoms with van der Waals surface area (Å²) in [7, 11) is 0. The molecule has 0 aliphatic carbocycles. The molecule has 22 heavy (non-hydrogen) atoms. The summed E-state index contributed by atoms with van der Waals surface area (Å²) < 4.78 is 13.0. The summed E-state index contributed by atoms with van der Waals surface area (Å²) in [5.74, 6) is -0.524. The average molecular weight is 320 g/mol. The van der Waals surface area contributed by atoms with Crippen LogP contribution in [-0.2, 0) is 0 Å². The van der Waals surface area contributed by atoms with E-state index in [9.17, 15) is 19.3 Å². The molecule has 1 aromatic heterocycles. The van der Waals surface area contributed by atoms with Gasteiger partial charge in [0.05, 0.1) is 16.5 Å². The first-order chi connectivity index (χ1) is 10.6. The van der Waals surface area contributed by atoms with Crippen molar-refractivity contribution < 1.29 is 14.1 Å². The van der Waals surface area contributed by atoms with Gasteiger partial charge < -0.3 is 4.90 Å². The zero-order valence-corrected chi connectivity index (χ0v) is 12.4. The highest BCUT2D eigenvalue weighted by Gasteiger charge is 2.31. The molecule has 5 nitrogen and oxygen atoms in total. The zero-order chi connectivity index (χ0) is 15.7. The minimum absolute atomic E-state index is 0.0409. The summed E-state index contributed by atoms with van der Waals surface area (Å²) in [6, 6.07) is 7.33. The van der Waals surface area contributed by atoms with E-state index >= 15 is 0 Å². The van der Waals surface area contributed by atoms with Crippen LogP contribution in [0.4, 0.5) is 9.39 Å². The molecule has 2 aromatic rings. The normalized spacial score (nSPS) is 17.7. The summed E-state index contributed by atoms with van der Waals surface area (Å²) in [5.41, 5.74) is 1.22. The van der Waals surface area contributed by atoms with Crippen molar-refractivity contribution in [3.63, 3.8) is 0 Å². The van der Waals surface area contributed by atoms with Gasteiger partial charge in [0.2, 0.25) is 0 Å². The summed E-state index contributed by atoms with van der Waals surface area (Å²) in [5, 5.41) is 12.2. The van der Waals surface area contributed by atoms with E-state index in [1.165, 1.54) is 23.6 Å². The van der Waals surface area contributed by atoms with E-state index in [0.29, 0.717) is 12.1 Å². The van der Waals surface area contributed by atoms with Crippen molar-refractivity contribution in [3.8, 4) is 0 Å². The SMILES string of the molecule is O=C(c1csc([N+](=O)[O-])c1)N1CCCC1c1ccc(F)cc1. The molecule has 2 heterocycles. The Morgan fingerprint density at radius 3 is 2.73 bits per heavy atom. The lowest BCUT2D eigenvalue weighted by Crippen LogP contribution is -2.30. The maximum absolute atomic E-state index is 13.0. The van der Waals surface area contributed by atoms with Crippen molar-refractivity contribution >= 4 is 22.2 Å². The van der Waals surface area contributed by atoms with E-state index in [4.69, 9.17) is 0 Å². The molecular weight excluding hydrogens is 307 g/mol. The Hall–Kier alpha value is -2.28. The van der Waals surface area contributed by atoms with Gasteiger partial charge in [0, 0.05) is 18.0 Å². The van der Waals surface area contributed by atoms with Crippen molar-refractivity contribution in [3.05, 3.63) is 62.8 Å². The molecule has 0 radical (unpaired) electrons. The van der Waals surface area contributed by atoms with E-state index in [-0.39, 0.29) is 22.8 Å². The Balaban J connectivity index is 1.84. The van der Waals surface area contributed by atoms with E-state index in [1.54, 1.807) is 17.0 Å². The van der Waals surface area contributed by atoms with Crippen LogP contribution < -0.4 is 0 Å². The van der Waals surface area contributed by atoms with E-state index in [1.807, 2.05) is 0 Å². The first-order valence-corrected chi connectivity index (χ1v) is 7.73. The van der Waals surface area contributed by atoms with Crippen LogP contribution in [0.5, 0.6) is 0 Å². The molecule has 7 heteroatoms. The molecule has 1 saturated heterocycles. The van der Waals surface area contributed by atoms with Gasteiger partial charge in [0.25, 0.3) is 5.91 Å². The first-order valence-electron chi connectivity index (χ1n) is 6.85. The highest BCUT2D eigenvalue weighted by Crippen LogP contribution is 2.34. The lowest BCUT2D eigenvalue weighted by atomic mass is 10.0. The maximum Gasteiger partial charge on any atom is 0.324 e. The van der Waals surface area contributed by atoms with Gasteiger partial charge in [-0.05, 0) is 30.5 Å². The van der Waals surface area contributed by atoms with Crippen LogP contribution in [0, 0.1) is 15.9 Å². The van der Waals surface area contributed by atoms with Crippen LogP contribution in [0.1, 0.15) is 34.8 Å². The molecule has 114 valence electrons. The molecule has 0 N–H and O–H groups in total. The number of carbonyl (C=O) groups excluding carboxylic acids is 1. The van der Waals surface area contributed by atoms with Gasteiger partial charge in [-0.15, -0.1) is 0 Å². The third-order valence-electron chi connectivity index (χ3n) is 3.78. The predicted molar refractivity (Wildman–Crippen MR) is 80.4 cm³/mol. The van der Waals surface area contributed by atoms with Gasteiger partial charge in [-0.1, -0.05) is 23.5 Å². The molecule has 1 aliphatic heterocycles.